The monoisotopic (exact) mass is 496 g/mol. The van der Waals surface area contributed by atoms with Crippen molar-refractivity contribution >= 4 is 41.5 Å². The van der Waals surface area contributed by atoms with Crippen LogP contribution >= 0.6 is 35.6 Å². The third-order valence-corrected chi connectivity index (χ3v) is 5.00. The van der Waals surface area contributed by atoms with Gasteiger partial charge < -0.3 is 20.1 Å². The van der Waals surface area contributed by atoms with E-state index in [0.717, 1.165) is 25.5 Å². The van der Waals surface area contributed by atoms with Crippen LogP contribution in [-0.2, 0) is 4.74 Å². The summed E-state index contributed by atoms with van der Waals surface area (Å²) in [5.41, 5.74) is 0.325. The van der Waals surface area contributed by atoms with Gasteiger partial charge in [0.05, 0.1) is 6.54 Å². The fourth-order valence-corrected chi connectivity index (χ4v) is 3.42. The SMILES string of the molecule is CN=C(NCCOc1ncccc1Cl)NCC1(CCOC)CCCC1.I. The average molecular weight is 497 g/mol. The number of aliphatic imine (C=N–C) groups is 1. The van der Waals surface area contributed by atoms with E-state index in [2.05, 4.69) is 20.6 Å². The maximum absolute atomic E-state index is 6.02. The molecule has 1 saturated carbocycles. The molecule has 0 bridgehead atoms. The fourth-order valence-electron chi connectivity index (χ4n) is 3.25. The largest absolute Gasteiger partial charge is 0.475 e. The van der Waals surface area contributed by atoms with Crippen LogP contribution in [0.1, 0.15) is 32.1 Å². The lowest BCUT2D eigenvalue weighted by atomic mass is 9.83. The number of pyridine rings is 1. The highest BCUT2D eigenvalue weighted by atomic mass is 127. The van der Waals surface area contributed by atoms with Crippen LogP contribution in [0.5, 0.6) is 5.88 Å². The van der Waals surface area contributed by atoms with Gasteiger partial charge in [0.25, 0.3) is 0 Å². The Morgan fingerprint density at radius 3 is 2.73 bits per heavy atom. The molecule has 26 heavy (non-hydrogen) atoms. The molecule has 148 valence electrons. The molecule has 6 nitrogen and oxygen atoms in total. The second-order valence-corrected chi connectivity index (χ2v) is 6.85. The summed E-state index contributed by atoms with van der Waals surface area (Å²) in [4.78, 5) is 8.39. The smallest absolute Gasteiger partial charge is 0.232 e. The van der Waals surface area contributed by atoms with Gasteiger partial charge in [-0.1, -0.05) is 24.4 Å². The number of guanidine groups is 1. The number of methoxy groups -OCH3 is 1. The number of nitrogens with one attached hydrogen (secondary N) is 2. The maximum Gasteiger partial charge on any atom is 0.232 e. The van der Waals surface area contributed by atoms with Crippen LogP contribution in [0.15, 0.2) is 23.3 Å². The topological polar surface area (TPSA) is 67.8 Å². The Kier molecular flexibility index (Phi) is 11.2. The van der Waals surface area contributed by atoms with Crippen molar-refractivity contribution in [3.05, 3.63) is 23.4 Å². The van der Waals surface area contributed by atoms with Crippen molar-refractivity contribution < 1.29 is 9.47 Å². The molecule has 0 aromatic carbocycles. The van der Waals surface area contributed by atoms with Gasteiger partial charge in [-0.15, -0.1) is 24.0 Å². The zero-order valence-corrected chi connectivity index (χ0v) is 18.7. The highest BCUT2D eigenvalue weighted by Gasteiger charge is 2.33. The Balaban J connectivity index is 0.00000338. The van der Waals surface area contributed by atoms with Crippen molar-refractivity contribution in [2.24, 2.45) is 10.4 Å². The van der Waals surface area contributed by atoms with E-state index in [1.807, 2.05) is 0 Å². The minimum atomic E-state index is 0. The van der Waals surface area contributed by atoms with Crippen molar-refractivity contribution in [3.63, 3.8) is 0 Å². The van der Waals surface area contributed by atoms with Gasteiger partial charge in [-0.2, -0.15) is 0 Å². The summed E-state index contributed by atoms with van der Waals surface area (Å²) in [6, 6.07) is 3.54. The molecular formula is C18H30ClIN4O2. The van der Waals surface area contributed by atoms with E-state index in [0.29, 0.717) is 29.5 Å². The quantitative estimate of drug-likeness (QED) is 0.237. The van der Waals surface area contributed by atoms with Crippen molar-refractivity contribution in [1.29, 1.82) is 0 Å². The molecule has 2 N–H and O–H groups in total. The first-order chi connectivity index (χ1) is 12.2. The summed E-state index contributed by atoms with van der Waals surface area (Å²) >= 11 is 6.02. The van der Waals surface area contributed by atoms with Crippen LogP contribution in [-0.4, -0.2) is 51.4 Å². The third-order valence-electron chi connectivity index (χ3n) is 4.71. The van der Waals surface area contributed by atoms with Crippen LogP contribution in [0.2, 0.25) is 5.02 Å². The van der Waals surface area contributed by atoms with Crippen molar-refractivity contribution in [1.82, 2.24) is 15.6 Å². The minimum Gasteiger partial charge on any atom is -0.475 e. The molecule has 2 rings (SSSR count). The number of hydrogen-bond donors (Lipinski definition) is 2. The van der Waals surface area contributed by atoms with Crippen molar-refractivity contribution in [2.45, 2.75) is 32.1 Å². The van der Waals surface area contributed by atoms with Crippen LogP contribution in [0.3, 0.4) is 0 Å². The number of rotatable bonds is 9. The summed E-state index contributed by atoms with van der Waals surface area (Å²) in [7, 11) is 3.55. The Morgan fingerprint density at radius 2 is 2.08 bits per heavy atom. The Morgan fingerprint density at radius 1 is 1.31 bits per heavy atom. The fraction of sp³-hybridized carbons (Fsp3) is 0.667. The Bertz CT molecular complexity index is 554. The molecule has 0 amide bonds. The predicted molar refractivity (Wildman–Crippen MR) is 117 cm³/mol. The van der Waals surface area contributed by atoms with Gasteiger partial charge in [0.15, 0.2) is 5.96 Å². The molecule has 1 aromatic rings. The molecule has 8 heteroatoms. The van der Waals surface area contributed by atoms with E-state index in [1.54, 1.807) is 32.5 Å². The number of aromatic nitrogens is 1. The van der Waals surface area contributed by atoms with E-state index in [-0.39, 0.29) is 24.0 Å². The highest BCUT2D eigenvalue weighted by molar-refractivity contribution is 14.0. The lowest BCUT2D eigenvalue weighted by Gasteiger charge is -2.29. The average Bonchev–Trinajstić information content (AvgIpc) is 3.10. The lowest BCUT2D eigenvalue weighted by Crippen LogP contribution is -2.44. The summed E-state index contributed by atoms with van der Waals surface area (Å²) in [6.45, 7) is 2.82. The van der Waals surface area contributed by atoms with Crippen LogP contribution < -0.4 is 15.4 Å². The minimum absolute atomic E-state index is 0. The summed E-state index contributed by atoms with van der Waals surface area (Å²) < 4.78 is 10.9. The van der Waals surface area contributed by atoms with Crippen LogP contribution in [0.25, 0.3) is 0 Å². The lowest BCUT2D eigenvalue weighted by molar-refractivity contribution is 0.138. The maximum atomic E-state index is 6.02. The standard InChI is InChI=1S/C18H29ClN4O2.HI/c1-20-17(22-11-13-25-16-15(19)6-5-10-21-16)23-14-18(9-12-24-2)7-3-4-8-18;/h5-6,10H,3-4,7-9,11-14H2,1-2H3,(H2,20,22,23);1H. The van der Waals surface area contributed by atoms with Gasteiger partial charge in [-0.3, -0.25) is 4.99 Å². The zero-order chi connectivity index (χ0) is 18.0. The number of halogens is 2. The van der Waals surface area contributed by atoms with Gasteiger partial charge >= 0.3 is 0 Å². The number of hydrogen-bond acceptors (Lipinski definition) is 4. The van der Waals surface area contributed by atoms with Crippen molar-refractivity contribution in [2.75, 3.05) is 40.5 Å². The molecule has 1 aromatic heterocycles. The molecule has 0 unspecified atom stereocenters. The second-order valence-electron chi connectivity index (χ2n) is 6.44. The van der Waals surface area contributed by atoms with E-state index in [9.17, 15) is 0 Å². The van der Waals surface area contributed by atoms with E-state index >= 15 is 0 Å². The normalized spacial score (nSPS) is 16.0. The second kappa shape index (κ2) is 12.6. The number of nitrogens with zero attached hydrogens (tertiary/aromatic N) is 2. The van der Waals surface area contributed by atoms with Gasteiger partial charge in [-0.25, -0.2) is 4.98 Å². The zero-order valence-electron chi connectivity index (χ0n) is 15.6. The molecular weight excluding hydrogens is 467 g/mol. The van der Waals surface area contributed by atoms with Crippen LogP contribution in [0.4, 0.5) is 0 Å². The third kappa shape index (κ3) is 7.44. The summed E-state index contributed by atoms with van der Waals surface area (Å²) in [6.07, 6.45) is 7.86. The van der Waals surface area contributed by atoms with Gasteiger partial charge in [0.2, 0.25) is 5.88 Å². The Hall–Kier alpha value is -0.800. The molecule has 1 heterocycles. The molecule has 0 radical (unpaired) electrons. The first-order valence-electron chi connectivity index (χ1n) is 8.86. The molecule has 0 aliphatic heterocycles. The molecule has 0 spiro atoms. The van der Waals surface area contributed by atoms with Crippen molar-refractivity contribution in [3.8, 4) is 5.88 Å². The van der Waals surface area contributed by atoms with Gasteiger partial charge in [0.1, 0.15) is 11.6 Å². The molecule has 1 aliphatic carbocycles. The van der Waals surface area contributed by atoms with E-state index in [1.165, 1.54) is 25.7 Å². The summed E-state index contributed by atoms with van der Waals surface area (Å²) in [5, 5.41) is 7.25. The predicted octanol–water partition coefficient (Wildman–Crippen LogP) is 3.49. The van der Waals surface area contributed by atoms with Crippen LogP contribution in [0, 0.1) is 5.41 Å². The molecule has 0 atom stereocenters. The number of ether oxygens (including phenoxy) is 2. The first-order valence-corrected chi connectivity index (χ1v) is 9.24. The Labute approximate surface area is 178 Å². The summed E-state index contributed by atoms with van der Waals surface area (Å²) in [5.74, 6) is 1.25. The van der Waals surface area contributed by atoms with Gasteiger partial charge in [-0.05, 0) is 36.8 Å². The van der Waals surface area contributed by atoms with Gasteiger partial charge in [0, 0.05) is 33.5 Å². The van der Waals surface area contributed by atoms with E-state index in [4.69, 9.17) is 21.1 Å². The first kappa shape index (κ1) is 23.2. The highest BCUT2D eigenvalue weighted by Crippen LogP contribution is 2.40. The van der Waals surface area contributed by atoms with E-state index < -0.39 is 0 Å². The molecule has 1 fully saturated rings. The molecule has 1 aliphatic rings. The molecule has 0 saturated heterocycles.